The molecule has 12 heteroatoms. The number of aromatic nitrogens is 3. The van der Waals surface area contributed by atoms with Crippen molar-refractivity contribution < 1.29 is 31.1 Å². The van der Waals surface area contributed by atoms with E-state index in [2.05, 4.69) is 10.1 Å². The molecule has 2 aromatic heterocycles. The van der Waals surface area contributed by atoms with Crippen LogP contribution in [0.5, 0.6) is 5.75 Å². The second-order valence-electron chi connectivity index (χ2n) is 6.11. The first-order valence-corrected chi connectivity index (χ1v) is 10.2. The number of sulfone groups is 1. The van der Waals surface area contributed by atoms with Crippen molar-refractivity contribution in [1.82, 2.24) is 14.8 Å². The third-order valence-electron chi connectivity index (χ3n) is 4.18. The Hall–Kier alpha value is -2.99. The van der Waals surface area contributed by atoms with Crippen molar-refractivity contribution in [3.8, 4) is 11.6 Å². The second kappa shape index (κ2) is 8.03. The lowest BCUT2D eigenvalue weighted by atomic mass is 10.1. The van der Waals surface area contributed by atoms with Crippen LogP contribution in [0.3, 0.4) is 0 Å². The van der Waals surface area contributed by atoms with E-state index in [1.807, 2.05) is 0 Å². The van der Waals surface area contributed by atoms with E-state index >= 15 is 0 Å². The van der Waals surface area contributed by atoms with Crippen LogP contribution in [0.1, 0.15) is 12.5 Å². The van der Waals surface area contributed by atoms with E-state index in [-0.39, 0.29) is 39.8 Å². The van der Waals surface area contributed by atoms with Crippen molar-refractivity contribution in [2.24, 2.45) is 0 Å². The molecule has 0 fully saturated rings. The van der Waals surface area contributed by atoms with Crippen molar-refractivity contribution >= 4 is 20.6 Å². The van der Waals surface area contributed by atoms with Gasteiger partial charge in [-0.1, -0.05) is 13.0 Å². The standard InChI is InChI=1S/C18H16F3N3O5S/c1-3-30(26,27)15-7-13(29-10-28-2)9-22-16(15)24-17(25)14-6-12(18(19,20)21)5-4-11(14)8-23-24/h4-9H,3,10H2,1-2H3. The molecule has 0 amide bonds. The van der Waals surface area contributed by atoms with Crippen molar-refractivity contribution in [3.63, 3.8) is 0 Å². The molecule has 160 valence electrons. The number of ether oxygens (including phenoxy) is 2. The Morgan fingerprint density at radius 1 is 1.17 bits per heavy atom. The fraction of sp³-hybridized carbons (Fsp3) is 0.278. The summed E-state index contributed by atoms with van der Waals surface area (Å²) in [6.45, 7) is 1.23. The Bertz CT molecular complexity index is 1260. The summed E-state index contributed by atoms with van der Waals surface area (Å²) >= 11 is 0. The zero-order chi connectivity index (χ0) is 22.1. The zero-order valence-corrected chi connectivity index (χ0v) is 16.6. The minimum absolute atomic E-state index is 0.0702. The lowest BCUT2D eigenvalue weighted by Crippen LogP contribution is -2.25. The van der Waals surface area contributed by atoms with Crippen molar-refractivity contribution in [2.75, 3.05) is 19.7 Å². The molecule has 30 heavy (non-hydrogen) atoms. The van der Waals surface area contributed by atoms with Crippen LogP contribution in [0, 0.1) is 0 Å². The van der Waals surface area contributed by atoms with Crippen LogP contribution in [0.25, 0.3) is 16.6 Å². The molecule has 0 N–H and O–H groups in total. The molecule has 8 nitrogen and oxygen atoms in total. The first-order chi connectivity index (χ1) is 14.1. The van der Waals surface area contributed by atoms with E-state index < -0.39 is 27.1 Å². The van der Waals surface area contributed by atoms with Crippen molar-refractivity contribution in [2.45, 2.75) is 18.0 Å². The summed E-state index contributed by atoms with van der Waals surface area (Å²) in [4.78, 5) is 16.5. The fourth-order valence-electron chi connectivity index (χ4n) is 2.64. The van der Waals surface area contributed by atoms with Gasteiger partial charge in [-0.05, 0) is 12.1 Å². The van der Waals surface area contributed by atoms with Crippen LogP contribution in [-0.4, -0.2) is 42.8 Å². The molecule has 0 radical (unpaired) electrons. The van der Waals surface area contributed by atoms with Crippen molar-refractivity contribution in [1.29, 1.82) is 0 Å². The minimum atomic E-state index is -4.65. The highest BCUT2D eigenvalue weighted by molar-refractivity contribution is 7.91. The largest absolute Gasteiger partial charge is 0.466 e. The van der Waals surface area contributed by atoms with Gasteiger partial charge in [0.1, 0.15) is 10.6 Å². The lowest BCUT2D eigenvalue weighted by molar-refractivity contribution is -0.137. The third kappa shape index (κ3) is 4.14. The molecule has 0 unspecified atom stereocenters. The Labute approximate surface area is 168 Å². The topological polar surface area (TPSA) is 100 Å². The normalized spacial score (nSPS) is 12.3. The Kier molecular flexibility index (Phi) is 5.81. The summed E-state index contributed by atoms with van der Waals surface area (Å²) in [7, 11) is -2.51. The molecule has 0 aliphatic rings. The van der Waals surface area contributed by atoms with E-state index in [0.717, 1.165) is 30.6 Å². The summed E-state index contributed by atoms with van der Waals surface area (Å²) in [5.74, 6) is -0.581. The summed E-state index contributed by atoms with van der Waals surface area (Å²) in [5.41, 5.74) is -1.95. The number of halogens is 3. The molecule has 0 aliphatic carbocycles. The highest BCUT2D eigenvalue weighted by Crippen LogP contribution is 2.31. The van der Waals surface area contributed by atoms with E-state index in [9.17, 15) is 26.4 Å². The average molecular weight is 443 g/mol. The Morgan fingerprint density at radius 2 is 1.90 bits per heavy atom. The Morgan fingerprint density at radius 3 is 2.53 bits per heavy atom. The number of hydrogen-bond donors (Lipinski definition) is 0. The van der Waals surface area contributed by atoms with Gasteiger partial charge >= 0.3 is 6.18 Å². The number of benzene rings is 1. The lowest BCUT2D eigenvalue weighted by Gasteiger charge is -2.13. The van der Waals surface area contributed by atoms with Crippen LogP contribution in [0.2, 0.25) is 0 Å². The molecular formula is C18H16F3N3O5S. The molecule has 1 aromatic carbocycles. The van der Waals surface area contributed by atoms with Gasteiger partial charge < -0.3 is 9.47 Å². The van der Waals surface area contributed by atoms with Gasteiger partial charge in [0.2, 0.25) is 0 Å². The highest BCUT2D eigenvalue weighted by atomic mass is 32.2. The number of fused-ring (bicyclic) bond motifs is 1. The minimum Gasteiger partial charge on any atom is -0.466 e. The molecule has 0 spiro atoms. The van der Waals surface area contributed by atoms with Gasteiger partial charge in [0.15, 0.2) is 22.4 Å². The summed E-state index contributed by atoms with van der Waals surface area (Å²) in [6.07, 6.45) is -2.33. The predicted molar refractivity (Wildman–Crippen MR) is 100 cm³/mol. The molecule has 0 saturated carbocycles. The van der Waals surface area contributed by atoms with Crippen LogP contribution in [0.4, 0.5) is 13.2 Å². The van der Waals surface area contributed by atoms with Gasteiger partial charge in [-0.15, -0.1) is 0 Å². The quantitative estimate of drug-likeness (QED) is 0.540. The number of pyridine rings is 1. The van der Waals surface area contributed by atoms with Crippen LogP contribution in [-0.2, 0) is 20.8 Å². The average Bonchev–Trinajstić information content (AvgIpc) is 2.71. The highest BCUT2D eigenvalue weighted by Gasteiger charge is 2.31. The third-order valence-corrected chi connectivity index (χ3v) is 5.91. The maximum atomic E-state index is 13.0. The smallest absolute Gasteiger partial charge is 0.416 e. The first kappa shape index (κ1) is 21.7. The number of alkyl halides is 3. The van der Waals surface area contributed by atoms with Gasteiger partial charge in [0, 0.05) is 18.6 Å². The molecular weight excluding hydrogens is 427 g/mol. The molecule has 3 aromatic rings. The predicted octanol–water partition coefficient (Wildman–Crippen LogP) is 2.58. The molecule has 0 aliphatic heterocycles. The molecule has 3 rings (SSSR count). The SMILES string of the molecule is CCS(=O)(=O)c1cc(OCOC)cnc1-n1ncc2ccc(C(F)(F)F)cc2c1=O. The van der Waals surface area contributed by atoms with Gasteiger partial charge in [-0.25, -0.2) is 13.4 Å². The van der Waals surface area contributed by atoms with E-state index in [0.29, 0.717) is 10.7 Å². The van der Waals surface area contributed by atoms with Crippen molar-refractivity contribution in [3.05, 3.63) is 52.6 Å². The second-order valence-corrected chi connectivity index (χ2v) is 8.36. The van der Waals surface area contributed by atoms with Crippen LogP contribution >= 0.6 is 0 Å². The van der Waals surface area contributed by atoms with E-state index in [1.165, 1.54) is 14.0 Å². The van der Waals surface area contributed by atoms with Gasteiger partial charge in [-0.3, -0.25) is 4.79 Å². The van der Waals surface area contributed by atoms with Gasteiger partial charge in [-0.2, -0.15) is 23.0 Å². The van der Waals surface area contributed by atoms with Gasteiger partial charge in [0.25, 0.3) is 5.56 Å². The number of rotatable bonds is 6. The van der Waals surface area contributed by atoms with E-state index in [1.54, 1.807) is 0 Å². The number of methoxy groups -OCH3 is 1. The molecule has 2 heterocycles. The monoisotopic (exact) mass is 443 g/mol. The summed E-state index contributed by atoms with van der Waals surface area (Å²) in [5, 5.41) is 3.79. The molecule has 0 bridgehead atoms. The maximum Gasteiger partial charge on any atom is 0.416 e. The van der Waals surface area contributed by atoms with Gasteiger partial charge in [0.05, 0.1) is 29.1 Å². The number of hydrogen-bond acceptors (Lipinski definition) is 7. The zero-order valence-electron chi connectivity index (χ0n) is 15.8. The maximum absolute atomic E-state index is 13.0. The first-order valence-electron chi connectivity index (χ1n) is 8.52. The Balaban J connectivity index is 2.26. The van der Waals surface area contributed by atoms with Crippen LogP contribution < -0.4 is 10.3 Å². The summed E-state index contributed by atoms with van der Waals surface area (Å²) < 4.78 is 74.9. The molecule has 0 saturated heterocycles. The van der Waals surface area contributed by atoms with E-state index in [4.69, 9.17) is 9.47 Å². The fourth-order valence-corrected chi connectivity index (χ4v) is 3.66. The van der Waals surface area contributed by atoms with Crippen LogP contribution in [0.15, 0.2) is 46.3 Å². The molecule has 0 atom stereocenters. The summed E-state index contributed by atoms with van der Waals surface area (Å²) in [6, 6.07) is 3.81. The number of nitrogens with zero attached hydrogens (tertiary/aromatic N) is 3.